The normalized spacial score (nSPS) is 10.2. The molecule has 0 unspecified atom stereocenters. The van der Waals surface area contributed by atoms with Crippen LogP contribution in [0, 0.1) is 16.7 Å². The Morgan fingerprint density at radius 1 is 1.09 bits per heavy atom. The first-order chi connectivity index (χ1) is 15.3. The van der Waals surface area contributed by atoms with Crippen molar-refractivity contribution < 1.29 is 24.5 Å². The summed E-state index contributed by atoms with van der Waals surface area (Å²) < 4.78 is 5.33. The zero-order valence-corrected chi connectivity index (χ0v) is 17.6. The first kappa shape index (κ1) is 22.4. The van der Waals surface area contributed by atoms with Crippen molar-refractivity contribution in [2.45, 2.75) is 4.90 Å². The molecule has 9 heteroatoms. The predicted octanol–water partition coefficient (Wildman–Crippen LogP) is 3.93. The van der Waals surface area contributed by atoms with Crippen molar-refractivity contribution in [3.63, 3.8) is 0 Å². The SMILES string of the molecule is COc1ccccc1-c1cc(O)c(C(=N)C(=O)Nc2ccc(C#N)cc2C(=O)O)cc1S. The number of nitrogens with one attached hydrogen (secondary N) is 2. The summed E-state index contributed by atoms with van der Waals surface area (Å²) in [5, 5.41) is 39.3. The third-order valence-electron chi connectivity index (χ3n) is 4.63. The average molecular weight is 447 g/mol. The Morgan fingerprint density at radius 2 is 1.81 bits per heavy atom. The minimum atomic E-state index is -1.34. The molecule has 3 rings (SSSR count). The Hall–Kier alpha value is -4.29. The summed E-state index contributed by atoms with van der Waals surface area (Å²) in [6, 6.07) is 15.4. The maximum Gasteiger partial charge on any atom is 0.337 e. The highest BCUT2D eigenvalue weighted by molar-refractivity contribution is 7.80. The number of nitriles is 1. The first-order valence-corrected chi connectivity index (χ1v) is 9.58. The topological polar surface area (TPSA) is 143 Å². The largest absolute Gasteiger partial charge is 0.507 e. The lowest BCUT2D eigenvalue weighted by atomic mass is 9.99. The second kappa shape index (κ2) is 9.24. The maximum absolute atomic E-state index is 12.6. The van der Waals surface area contributed by atoms with E-state index >= 15 is 0 Å². The molecule has 1 amide bonds. The van der Waals surface area contributed by atoms with Crippen LogP contribution in [0.4, 0.5) is 5.69 Å². The number of ether oxygens (including phenoxy) is 1. The number of hydrogen-bond acceptors (Lipinski definition) is 7. The molecular formula is C23H17N3O5S. The highest BCUT2D eigenvalue weighted by Crippen LogP contribution is 2.37. The van der Waals surface area contributed by atoms with Crippen LogP contribution in [-0.2, 0) is 4.79 Å². The second-order valence-electron chi connectivity index (χ2n) is 6.59. The average Bonchev–Trinajstić information content (AvgIpc) is 2.79. The number of aromatic carboxylic acids is 1. The minimum Gasteiger partial charge on any atom is -0.507 e. The lowest BCUT2D eigenvalue weighted by molar-refractivity contribution is -0.110. The molecule has 4 N–H and O–H groups in total. The van der Waals surface area contributed by atoms with E-state index < -0.39 is 17.6 Å². The van der Waals surface area contributed by atoms with E-state index in [-0.39, 0.29) is 28.1 Å². The van der Waals surface area contributed by atoms with Gasteiger partial charge in [-0.3, -0.25) is 10.2 Å². The van der Waals surface area contributed by atoms with Crippen LogP contribution in [0.3, 0.4) is 0 Å². The number of aromatic hydroxyl groups is 1. The number of para-hydroxylation sites is 1. The number of nitrogens with zero attached hydrogens (tertiary/aromatic N) is 1. The number of carboxylic acids is 1. The Bertz CT molecular complexity index is 1300. The number of hydrogen-bond donors (Lipinski definition) is 5. The van der Waals surface area contributed by atoms with Gasteiger partial charge in [0.1, 0.15) is 17.2 Å². The van der Waals surface area contributed by atoms with Gasteiger partial charge in [0.25, 0.3) is 5.91 Å². The number of phenolic OH excluding ortho intramolecular Hbond substituents is 1. The molecule has 0 radical (unpaired) electrons. The van der Waals surface area contributed by atoms with Gasteiger partial charge in [0, 0.05) is 21.6 Å². The minimum absolute atomic E-state index is 0.0810. The van der Waals surface area contributed by atoms with Gasteiger partial charge in [0.2, 0.25) is 0 Å². The Morgan fingerprint density at radius 3 is 2.47 bits per heavy atom. The van der Waals surface area contributed by atoms with Crippen LogP contribution in [0.1, 0.15) is 21.5 Å². The lowest BCUT2D eigenvalue weighted by Crippen LogP contribution is -2.24. The van der Waals surface area contributed by atoms with E-state index in [1.807, 2.05) is 6.07 Å². The fourth-order valence-corrected chi connectivity index (χ4v) is 3.38. The predicted molar refractivity (Wildman–Crippen MR) is 121 cm³/mol. The van der Waals surface area contributed by atoms with Crippen LogP contribution in [0.15, 0.2) is 59.5 Å². The van der Waals surface area contributed by atoms with E-state index in [9.17, 15) is 19.8 Å². The molecule has 3 aromatic carbocycles. The third-order valence-corrected chi connectivity index (χ3v) is 5.00. The van der Waals surface area contributed by atoms with Crippen molar-refractivity contribution >= 4 is 35.9 Å². The van der Waals surface area contributed by atoms with E-state index in [0.29, 0.717) is 21.8 Å². The van der Waals surface area contributed by atoms with Gasteiger partial charge in [-0.05, 0) is 36.4 Å². The van der Waals surface area contributed by atoms with Crippen molar-refractivity contribution in [2.24, 2.45) is 0 Å². The van der Waals surface area contributed by atoms with Gasteiger partial charge in [-0.1, -0.05) is 18.2 Å². The van der Waals surface area contributed by atoms with Gasteiger partial charge in [-0.15, -0.1) is 12.6 Å². The first-order valence-electron chi connectivity index (χ1n) is 9.14. The molecule has 0 heterocycles. The number of amides is 1. The summed E-state index contributed by atoms with van der Waals surface area (Å²) in [4.78, 5) is 24.5. The number of benzene rings is 3. The number of carboxylic acid groups (broad SMARTS) is 1. The molecule has 8 nitrogen and oxygen atoms in total. The molecule has 0 saturated carbocycles. The van der Waals surface area contributed by atoms with Gasteiger partial charge in [0.05, 0.1) is 30.0 Å². The molecular weight excluding hydrogens is 430 g/mol. The third kappa shape index (κ3) is 4.40. The summed E-state index contributed by atoms with van der Waals surface area (Å²) in [6.45, 7) is 0. The van der Waals surface area contributed by atoms with Gasteiger partial charge in [-0.25, -0.2) is 4.79 Å². The molecule has 32 heavy (non-hydrogen) atoms. The van der Waals surface area contributed by atoms with Crippen LogP contribution < -0.4 is 10.1 Å². The van der Waals surface area contributed by atoms with Crippen molar-refractivity contribution in [3.8, 4) is 28.7 Å². The summed E-state index contributed by atoms with van der Waals surface area (Å²) in [5.74, 6) is -2.05. The van der Waals surface area contributed by atoms with Gasteiger partial charge >= 0.3 is 5.97 Å². The van der Waals surface area contributed by atoms with Gasteiger partial charge in [0.15, 0.2) is 0 Å². The zero-order valence-electron chi connectivity index (χ0n) is 16.7. The highest BCUT2D eigenvalue weighted by atomic mass is 32.1. The van der Waals surface area contributed by atoms with Crippen molar-refractivity contribution in [1.82, 2.24) is 0 Å². The molecule has 0 fully saturated rings. The number of rotatable bonds is 6. The quantitative estimate of drug-likeness (QED) is 0.286. The van der Waals surface area contributed by atoms with E-state index in [4.69, 9.17) is 15.4 Å². The fraction of sp³-hybridized carbons (Fsp3) is 0.0435. The zero-order chi connectivity index (χ0) is 23.4. The summed E-state index contributed by atoms with van der Waals surface area (Å²) in [7, 11) is 1.51. The number of carbonyl (C=O) groups is 2. The van der Waals surface area contributed by atoms with Crippen LogP contribution in [0.5, 0.6) is 11.5 Å². The molecule has 0 bridgehead atoms. The summed E-state index contributed by atoms with van der Waals surface area (Å²) in [5.41, 5.74) is 0.266. The van der Waals surface area contributed by atoms with E-state index in [1.165, 1.54) is 31.4 Å². The van der Waals surface area contributed by atoms with Crippen molar-refractivity contribution in [3.05, 3.63) is 71.3 Å². The van der Waals surface area contributed by atoms with E-state index in [2.05, 4.69) is 17.9 Å². The maximum atomic E-state index is 12.6. The number of carbonyl (C=O) groups excluding carboxylic acids is 1. The number of anilines is 1. The molecule has 0 saturated heterocycles. The molecule has 0 aliphatic heterocycles. The second-order valence-corrected chi connectivity index (χ2v) is 7.08. The standard InChI is InChI=1S/C23H17N3O5S/c1-31-19-5-3-2-4-13(19)14-9-18(27)16(10-20(14)32)21(25)22(28)26-17-7-6-12(11-24)8-15(17)23(29)30/h2-10,25,27,32H,1H3,(H,26,28)(H,29,30). The monoisotopic (exact) mass is 447 g/mol. The van der Waals surface area contributed by atoms with Gasteiger partial charge < -0.3 is 20.3 Å². The number of methoxy groups -OCH3 is 1. The summed E-state index contributed by atoms with van der Waals surface area (Å²) >= 11 is 4.44. The lowest BCUT2D eigenvalue weighted by Gasteiger charge is -2.14. The smallest absolute Gasteiger partial charge is 0.337 e. The van der Waals surface area contributed by atoms with Crippen molar-refractivity contribution in [2.75, 3.05) is 12.4 Å². The molecule has 0 aromatic heterocycles. The van der Waals surface area contributed by atoms with E-state index in [0.717, 1.165) is 6.07 Å². The Labute approximate surface area is 188 Å². The Balaban J connectivity index is 1.93. The number of phenols is 1. The van der Waals surface area contributed by atoms with Crippen LogP contribution in [-0.4, -0.2) is 34.9 Å². The fourth-order valence-electron chi connectivity index (χ4n) is 3.07. The molecule has 3 aromatic rings. The van der Waals surface area contributed by atoms with Crippen LogP contribution in [0.2, 0.25) is 0 Å². The number of thiol groups is 1. The molecule has 0 aliphatic carbocycles. The molecule has 0 atom stereocenters. The van der Waals surface area contributed by atoms with Crippen molar-refractivity contribution in [1.29, 1.82) is 10.7 Å². The highest BCUT2D eigenvalue weighted by Gasteiger charge is 2.21. The Kier molecular flexibility index (Phi) is 6.47. The van der Waals surface area contributed by atoms with Crippen LogP contribution >= 0.6 is 12.6 Å². The molecule has 0 spiro atoms. The molecule has 0 aliphatic rings. The molecule has 160 valence electrons. The van der Waals surface area contributed by atoms with Crippen LogP contribution in [0.25, 0.3) is 11.1 Å². The van der Waals surface area contributed by atoms with E-state index in [1.54, 1.807) is 24.3 Å². The summed E-state index contributed by atoms with van der Waals surface area (Å²) in [6.07, 6.45) is 0. The van der Waals surface area contributed by atoms with Gasteiger partial charge in [-0.2, -0.15) is 5.26 Å².